The zero-order valence-corrected chi connectivity index (χ0v) is 15.2. The van der Waals surface area contributed by atoms with Crippen LogP contribution >= 0.6 is 11.3 Å². The number of hydrogen-bond acceptors (Lipinski definition) is 5. The van der Waals surface area contributed by atoms with Gasteiger partial charge >= 0.3 is 0 Å². The Kier molecular flexibility index (Phi) is 5.38. The third-order valence-electron chi connectivity index (χ3n) is 4.57. The summed E-state index contributed by atoms with van der Waals surface area (Å²) in [7, 11) is 1.49. The molecule has 2 N–H and O–H groups in total. The van der Waals surface area contributed by atoms with Gasteiger partial charge in [-0.2, -0.15) is 5.10 Å². The number of amides is 1. The lowest BCUT2D eigenvalue weighted by Gasteiger charge is -2.19. The molecule has 132 valence electrons. The van der Waals surface area contributed by atoms with E-state index in [1.807, 2.05) is 6.07 Å². The minimum atomic E-state index is -0.186. The van der Waals surface area contributed by atoms with Crippen LogP contribution in [0.3, 0.4) is 0 Å². The monoisotopic (exact) mass is 358 g/mol. The van der Waals surface area contributed by atoms with Gasteiger partial charge in [0, 0.05) is 4.88 Å². The number of hydrogen-bond donors (Lipinski definition) is 2. The van der Waals surface area contributed by atoms with Crippen LogP contribution in [0.2, 0.25) is 0 Å². The first-order valence-corrected chi connectivity index (χ1v) is 9.24. The lowest BCUT2D eigenvalue weighted by molar-refractivity contribution is 0.0959. The van der Waals surface area contributed by atoms with Gasteiger partial charge in [0.25, 0.3) is 5.91 Å². The number of phenolic OH excluding ortho intramolecular Hbond substituents is 1. The molecule has 3 rings (SSSR count). The number of thiophene rings is 1. The summed E-state index contributed by atoms with van der Waals surface area (Å²) in [6, 6.07) is 6.89. The van der Waals surface area contributed by atoms with E-state index in [0.29, 0.717) is 10.6 Å². The Labute approximate surface area is 151 Å². The smallest absolute Gasteiger partial charge is 0.281 e. The summed E-state index contributed by atoms with van der Waals surface area (Å²) in [6.45, 7) is 2.22. The van der Waals surface area contributed by atoms with E-state index in [-0.39, 0.29) is 11.7 Å². The van der Waals surface area contributed by atoms with Crippen molar-refractivity contribution in [3.8, 4) is 11.5 Å². The number of rotatable bonds is 5. The van der Waals surface area contributed by atoms with Gasteiger partial charge in [0.05, 0.1) is 18.2 Å². The molecule has 1 aromatic heterocycles. The number of carbonyl (C=O) groups excluding carboxylic acids is 1. The van der Waals surface area contributed by atoms with E-state index in [4.69, 9.17) is 4.74 Å². The van der Waals surface area contributed by atoms with Crippen molar-refractivity contribution in [2.24, 2.45) is 11.0 Å². The van der Waals surface area contributed by atoms with Crippen molar-refractivity contribution in [2.45, 2.75) is 32.6 Å². The fourth-order valence-electron chi connectivity index (χ4n) is 3.05. The van der Waals surface area contributed by atoms with Gasteiger partial charge in [-0.05, 0) is 60.6 Å². The van der Waals surface area contributed by atoms with Crippen LogP contribution < -0.4 is 10.2 Å². The number of phenols is 1. The number of aromatic hydroxyl groups is 1. The molecule has 1 amide bonds. The van der Waals surface area contributed by atoms with E-state index in [2.05, 4.69) is 17.5 Å². The Morgan fingerprint density at radius 2 is 2.32 bits per heavy atom. The van der Waals surface area contributed by atoms with Crippen molar-refractivity contribution < 1.29 is 14.6 Å². The Bertz CT molecular complexity index is 798. The predicted molar refractivity (Wildman–Crippen MR) is 99.8 cm³/mol. The Morgan fingerprint density at radius 1 is 1.48 bits per heavy atom. The molecule has 6 heteroatoms. The number of methoxy groups -OCH3 is 1. The Hall–Kier alpha value is -2.34. The minimum Gasteiger partial charge on any atom is -0.504 e. The van der Waals surface area contributed by atoms with Gasteiger partial charge in [0.2, 0.25) is 0 Å². The topological polar surface area (TPSA) is 70.9 Å². The van der Waals surface area contributed by atoms with Crippen molar-refractivity contribution in [3.05, 3.63) is 45.1 Å². The van der Waals surface area contributed by atoms with Gasteiger partial charge in [-0.1, -0.05) is 13.3 Å². The molecule has 1 unspecified atom stereocenters. The standard InChI is InChI=1S/C19H22N2O3S/c1-3-12-5-7-17-14(8-12)10-18(25-17)19(23)21-20-11-13-4-6-15(22)16(9-13)24-2/h4,6,9-12,22H,3,5,7-8H2,1-2H3,(H,21,23)/b20-11+. The largest absolute Gasteiger partial charge is 0.504 e. The first-order chi connectivity index (χ1) is 12.1. The van der Waals surface area contributed by atoms with Crippen LogP contribution in [0.4, 0.5) is 0 Å². The summed E-state index contributed by atoms with van der Waals surface area (Å²) in [4.78, 5) is 14.3. The summed E-state index contributed by atoms with van der Waals surface area (Å²) in [5, 5.41) is 13.6. The maximum Gasteiger partial charge on any atom is 0.281 e. The third-order valence-corrected chi connectivity index (χ3v) is 5.81. The van der Waals surface area contributed by atoms with Crippen molar-refractivity contribution >= 4 is 23.5 Å². The predicted octanol–water partition coefficient (Wildman–Crippen LogP) is 3.74. The van der Waals surface area contributed by atoms with Crippen molar-refractivity contribution in [2.75, 3.05) is 7.11 Å². The SMILES string of the molecule is CCC1CCc2sc(C(=O)N/N=C/c3ccc(O)c(OC)c3)cc2C1. The Morgan fingerprint density at radius 3 is 3.08 bits per heavy atom. The van der Waals surface area contributed by atoms with Crippen LogP contribution in [-0.2, 0) is 12.8 Å². The number of nitrogens with one attached hydrogen (secondary N) is 1. The van der Waals surface area contributed by atoms with Gasteiger partial charge in [0.15, 0.2) is 11.5 Å². The summed E-state index contributed by atoms with van der Waals surface area (Å²) >= 11 is 1.57. The summed E-state index contributed by atoms with van der Waals surface area (Å²) < 4.78 is 5.05. The highest BCUT2D eigenvalue weighted by Gasteiger charge is 2.21. The average molecular weight is 358 g/mol. The highest BCUT2D eigenvalue weighted by molar-refractivity contribution is 7.14. The molecule has 2 aromatic rings. The maximum absolute atomic E-state index is 12.3. The van der Waals surface area contributed by atoms with Gasteiger partial charge in [0.1, 0.15) is 0 Å². The van der Waals surface area contributed by atoms with E-state index in [0.717, 1.165) is 24.3 Å². The molecule has 0 fully saturated rings. The van der Waals surface area contributed by atoms with Crippen molar-refractivity contribution in [3.63, 3.8) is 0 Å². The molecule has 1 aliphatic rings. The quantitative estimate of drug-likeness (QED) is 0.632. The number of hydrazone groups is 1. The van der Waals surface area contributed by atoms with E-state index in [1.165, 1.54) is 42.7 Å². The molecule has 0 spiro atoms. The van der Waals surface area contributed by atoms with E-state index < -0.39 is 0 Å². The second kappa shape index (κ2) is 7.70. The number of nitrogens with zero attached hydrogens (tertiary/aromatic N) is 1. The molecule has 1 aliphatic carbocycles. The van der Waals surface area contributed by atoms with E-state index in [9.17, 15) is 9.90 Å². The lowest BCUT2D eigenvalue weighted by Crippen LogP contribution is -2.16. The first-order valence-electron chi connectivity index (χ1n) is 8.42. The molecular formula is C19H22N2O3S. The molecule has 0 aliphatic heterocycles. The van der Waals surface area contributed by atoms with Crippen molar-refractivity contribution in [1.29, 1.82) is 0 Å². The molecular weight excluding hydrogens is 336 g/mol. The van der Waals surface area contributed by atoms with Crippen LogP contribution in [0, 0.1) is 5.92 Å². The summed E-state index contributed by atoms with van der Waals surface area (Å²) in [5.41, 5.74) is 4.62. The molecule has 25 heavy (non-hydrogen) atoms. The van der Waals surface area contributed by atoms with Crippen LogP contribution in [0.5, 0.6) is 11.5 Å². The zero-order chi connectivity index (χ0) is 17.8. The second-order valence-electron chi connectivity index (χ2n) is 6.21. The van der Waals surface area contributed by atoms with Crippen LogP contribution in [-0.4, -0.2) is 24.3 Å². The van der Waals surface area contributed by atoms with Gasteiger partial charge in [-0.3, -0.25) is 4.79 Å². The number of ether oxygens (including phenoxy) is 1. The highest BCUT2D eigenvalue weighted by Crippen LogP contribution is 2.33. The molecule has 0 radical (unpaired) electrons. The average Bonchev–Trinajstić information content (AvgIpc) is 3.06. The Balaban J connectivity index is 1.64. The summed E-state index contributed by atoms with van der Waals surface area (Å²) in [5.74, 6) is 0.986. The molecule has 0 bridgehead atoms. The van der Waals surface area contributed by atoms with E-state index >= 15 is 0 Å². The molecule has 1 aromatic carbocycles. The number of carbonyl (C=O) groups is 1. The fourth-order valence-corrected chi connectivity index (χ4v) is 4.15. The first kappa shape index (κ1) is 17.5. The fraction of sp³-hybridized carbons (Fsp3) is 0.368. The number of fused-ring (bicyclic) bond motifs is 1. The van der Waals surface area contributed by atoms with E-state index in [1.54, 1.807) is 23.5 Å². The molecule has 0 saturated carbocycles. The zero-order valence-electron chi connectivity index (χ0n) is 14.4. The van der Waals surface area contributed by atoms with Gasteiger partial charge in [-0.15, -0.1) is 11.3 Å². The summed E-state index contributed by atoms with van der Waals surface area (Å²) in [6.07, 6.45) is 6.08. The lowest BCUT2D eigenvalue weighted by atomic mass is 9.87. The second-order valence-corrected chi connectivity index (χ2v) is 7.34. The molecule has 5 nitrogen and oxygen atoms in total. The normalized spacial score (nSPS) is 16.6. The van der Waals surface area contributed by atoms with Crippen LogP contribution in [0.25, 0.3) is 0 Å². The van der Waals surface area contributed by atoms with Gasteiger partial charge in [-0.25, -0.2) is 5.43 Å². The van der Waals surface area contributed by atoms with Crippen LogP contribution in [0.15, 0.2) is 29.4 Å². The van der Waals surface area contributed by atoms with Gasteiger partial charge < -0.3 is 9.84 Å². The molecule has 1 heterocycles. The number of aryl methyl sites for hydroxylation is 1. The highest BCUT2D eigenvalue weighted by atomic mass is 32.1. The molecule has 1 atom stereocenters. The minimum absolute atomic E-state index is 0.0678. The van der Waals surface area contributed by atoms with Crippen molar-refractivity contribution in [1.82, 2.24) is 5.43 Å². The number of benzene rings is 1. The van der Waals surface area contributed by atoms with Crippen LogP contribution in [0.1, 0.15) is 45.4 Å². The molecule has 0 saturated heterocycles. The maximum atomic E-state index is 12.3. The third kappa shape index (κ3) is 4.02.